The topological polar surface area (TPSA) is 131 Å². The smallest absolute Gasteiger partial charge is 0.224 e. The number of halogens is 2. The fourth-order valence-corrected chi connectivity index (χ4v) is 5.43. The summed E-state index contributed by atoms with van der Waals surface area (Å²) in [6, 6.07) is 4.57. The molecule has 2 heterocycles. The molecular weight excluding hydrogens is 473 g/mol. The highest BCUT2D eigenvalue weighted by atomic mass is 35.5. The monoisotopic (exact) mass is 501 g/mol. The molecule has 0 radical (unpaired) electrons. The van der Waals surface area contributed by atoms with E-state index in [9.17, 15) is 14.3 Å². The number of aliphatic hydroxyl groups is 1. The second-order valence-corrected chi connectivity index (χ2v) is 9.91. The first-order valence-electron chi connectivity index (χ1n) is 12.1. The van der Waals surface area contributed by atoms with E-state index in [0.29, 0.717) is 55.2 Å². The van der Waals surface area contributed by atoms with Crippen LogP contribution in [0.15, 0.2) is 24.4 Å². The van der Waals surface area contributed by atoms with Gasteiger partial charge in [0.25, 0.3) is 0 Å². The summed E-state index contributed by atoms with van der Waals surface area (Å²) >= 11 is 6.27. The molecule has 5 N–H and O–H groups in total. The van der Waals surface area contributed by atoms with Gasteiger partial charge in [-0.1, -0.05) is 17.7 Å². The Morgan fingerprint density at radius 1 is 1.17 bits per heavy atom. The molecule has 186 valence electrons. The van der Waals surface area contributed by atoms with E-state index in [0.717, 1.165) is 19.3 Å². The number of rotatable bonds is 6. The summed E-state index contributed by atoms with van der Waals surface area (Å²) in [6.07, 6.45) is 7.41. The summed E-state index contributed by atoms with van der Waals surface area (Å²) in [5, 5.41) is 16.7. The molecule has 11 heteroatoms. The molecule has 0 bridgehead atoms. The van der Waals surface area contributed by atoms with E-state index in [1.165, 1.54) is 6.07 Å². The molecule has 0 aliphatic heterocycles. The molecule has 2 fully saturated rings. The van der Waals surface area contributed by atoms with Crippen LogP contribution in [0.5, 0.6) is 0 Å². The van der Waals surface area contributed by atoms with Crippen molar-refractivity contribution < 1.29 is 14.3 Å². The van der Waals surface area contributed by atoms with Gasteiger partial charge in [0.2, 0.25) is 17.8 Å². The molecule has 1 amide bonds. The predicted octanol–water partition coefficient (Wildman–Crippen LogP) is 4.29. The quantitative estimate of drug-likeness (QED) is 0.396. The van der Waals surface area contributed by atoms with E-state index >= 15 is 0 Å². The number of fused-ring (bicyclic) bond motifs is 1. The van der Waals surface area contributed by atoms with Gasteiger partial charge in [-0.2, -0.15) is 4.98 Å². The Kier molecular flexibility index (Phi) is 6.75. The summed E-state index contributed by atoms with van der Waals surface area (Å²) in [5.41, 5.74) is 6.84. The van der Waals surface area contributed by atoms with E-state index < -0.39 is 5.82 Å². The number of anilines is 3. The fourth-order valence-electron chi connectivity index (χ4n) is 5.22. The van der Waals surface area contributed by atoms with Crippen LogP contribution in [0, 0.1) is 11.7 Å². The van der Waals surface area contributed by atoms with Crippen molar-refractivity contribution >= 4 is 46.3 Å². The third-order valence-electron chi connectivity index (χ3n) is 7.08. The zero-order valence-corrected chi connectivity index (χ0v) is 20.0. The molecule has 2 saturated carbocycles. The minimum atomic E-state index is -0.488. The lowest BCUT2D eigenvalue weighted by molar-refractivity contribution is -0.122. The molecule has 5 rings (SSSR count). The minimum Gasteiger partial charge on any atom is -0.393 e. The van der Waals surface area contributed by atoms with Crippen LogP contribution in [0.2, 0.25) is 5.02 Å². The van der Waals surface area contributed by atoms with Gasteiger partial charge in [0.1, 0.15) is 11.3 Å². The fraction of sp³-hybridized carbons (Fsp3) is 0.500. The Labute approximate surface area is 207 Å². The van der Waals surface area contributed by atoms with Gasteiger partial charge in [-0.3, -0.25) is 9.36 Å². The summed E-state index contributed by atoms with van der Waals surface area (Å²) in [5.74, 6) is -0.0482. The van der Waals surface area contributed by atoms with Gasteiger partial charge in [0.05, 0.1) is 23.0 Å². The zero-order chi connectivity index (χ0) is 24.5. The van der Waals surface area contributed by atoms with Crippen molar-refractivity contribution in [3.05, 3.63) is 35.2 Å². The molecule has 9 nitrogen and oxygen atoms in total. The Bertz CT molecular complexity index is 1210. The van der Waals surface area contributed by atoms with Crippen molar-refractivity contribution in [2.45, 2.75) is 69.6 Å². The van der Waals surface area contributed by atoms with Crippen molar-refractivity contribution in [3.63, 3.8) is 0 Å². The van der Waals surface area contributed by atoms with Crippen molar-refractivity contribution in [3.8, 4) is 0 Å². The molecule has 3 aromatic rings. The molecule has 0 spiro atoms. The maximum absolute atomic E-state index is 14.6. The average Bonchev–Trinajstić information content (AvgIpc) is 3.19. The average molecular weight is 502 g/mol. The van der Waals surface area contributed by atoms with Crippen LogP contribution in [0.25, 0.3) is 11.2 Å². The number of hydrogen-bond donors (Lipinski definition) is 4. The molecule has 0 saturated heterocycles. The molecule has 2 aromatic heterocycles. The lowest BCUT2D eigenvalue weighted by Crippen LogP contribution is -2.30. The number of imidazole rings is 1. The van der Waals surface area contributed by atoms with Gasteiger partial charge >= 0.3 is 0 Å². The second kappa shape index (κ2) is 9.94. The maximum Gasteiger partial charge on any atom is 0.224 e. The van der Waals surface area contributed by atoms with Crippen LogP contribution in [-0.4, -0.2) is 42.7 Å². The van der Waals surface area contributed by atoms with Crippen molar-refractivity contribution in [2.24, 2.45) is 11.7 Å². The lowest BCUT2D eigenvalue weighted by Gasteiger charge is -2.29. The molecular formula is C24H29ClFN7O2. The number of benzene rings is 1. The highest BCUT2D eigenvalue weighted by Crippen LogP contribution is 2.38. The number of para-hydroxylation sites is 1. The Balaban J connectivity index is 1.51. The minimum absolute atomic E-state index is 0.0112. The summed E-state index contributed by atoms with van der Waals surface area (Å²) in [7, 11) is 0. The predicted molar refractivity (Wildman–Crippen MR) is 132 cm³/mol. The molecule has 2 aliphatic carbocycles. The van der Waals surface area contributed by atoms with Gasteiger partial charge in [-0.25, -0.2) is 14.4 Å². The molecule has 2 atom stereocenters. The number of carbonyl (C=O) groups is 1. The Hall–Kier alpha value is -2.98. The lowest BCUT2D eigenvalue weighted by atomic mass is 9.85. The number of nitrogens with one attached hydrogen (secondary N) is 2. The number of nitrogens with zero attached hydrogens (tertiary/aromatic N) is 4. The highest BCUT2D eigenvalue weighted by molar-refractivity contribution is 6.33. The highest BCUT2D eigenvalue weighted by Gasteiger charge is 2.30. The zero-order valence-electron chi connectivity index (χ0n) is 19.3. The standard InChI is InChI=1S/C24H29ClFN7O2/c25-17-5-2-6-18(26)20(17)31-24-30-19-12-28-23(29-14-3-1-4-16(34)11-14)32-22(19)33(24)15-9-7-13(8-10-15)21(27)35/h2,5-6,12-16,34H,1,3-4,7-11H2,(H2,27,35)(H,30,31)(H,28,29,32)/t13-,14-,15-,16-/m1/s1. The number of aliphatic hydroxyl groups excluding tert-OH is 1. The third-order valence-corrected chi connectivity index (χ3v) is 7.39. The van der Waals surface area contributed by atoms with Crippen molar-refractivity contribution in [2.75, 3.05) is 10.6 Å². The molecule has 2 aliphatic rings. The van der Waals surface area contributed by atoms with Crippen LogP contribution in [0.3, 0.4) is 0 Å². The largest absolute Gasteiger partial charge is 0.393 e. The van der Waals surface area contributed by atoms with Crippen LogP contribution >= 0.6 is 11.6 Å². The van der Waals surface area contributed by atoms with Crippen molar-refractivity contribution in [1.82, 2.24) is 19.5 Å². The van der Waals surface area contributed by atoms with E-state index in [-0.39, 0.29) is 40.7 Å². The first-order chi connectivity index (χ1) is 16.9. The van der Waals surface area contributed by atoms with Crippen LogP contribution in [-0.2, 0) is 4.79 Å². The number of primary amides is 1. The van der Waals surface area contributed by atoms with Crippen LogP contribution < -0.4 is 16.4 Å². The SMILES string of the molecule is NC(=O)[C@H]1CC[C@H](n2c(Nc3c(F)cccc3Cl)nc3cnc(N[C@@H]4CCC[C@@H](O)C4)nc32)CC1. The number of hydrogen-bond acceptors (Lipinski definition) is 7. The number of nitrogens with two attached hydrogens (primary N) is 1. The van der Waals surface area contributed by atoms with Gasteiger partial charge < -0.3 is 21.5 Å². The van der Waals surface area contributed by atoms with Crippen LogP contribution in [0.1, 0.15) is 57.4 Å². The normalized spacial score (nSPS) is 24.9. The number of aromatic nitrogens is 4. The Morgan fingerprint density at radius 2 is 1.97 bits per heavy atom. The van der Waals surface area contributed by atoms with Crippen molar-refractivity contribution in [1.29, 1.82) is 0 Å². The van der Waals surface area contributed by atoms with Crippen LogP contribution in [0.4, 0.5) is 22.0 Å². The summed E-state index contributed by atoms with van der Waals surface area (Å²) in [4.78, 5) is 25.6. The Morgan fingerprint density at radius 3 is 2.69 bits per heavy atom. The van der Waals surface area contributed by atoms with Gasteiger partial charge in [-0.05, 0) is 63.5 Å². The first kappa shape index (κ1) is 23.7. The summed E-state index contributed by atoms with van der Waals surface area (Å²) < 4.78 is 16.5. The third kappa shape index (κ3) is 5.04. The second-order valence-electron chi connectivity index (χ2n) is 9.50. The maximum atomic E-state index is 14.6. The van der Waals surface area contributed by atoms with Gasteiger partial charge in [-0.15, -0.1) is 0 Å². The van der Waals surface area contributed by atoms with Gasteiger partial charge in [0, 0.05) is 18.0 Å². The first-order valence-corrected chi connectivity index (χ1v) is 12.5. The molecule has 0 unspecified atom stereocenters. The number of amides is 1. The van der Waals surface area contributed by atoms with E-state index in [1.54, 1.807) is 18.3 Å². The molecule has 1 aromatic carbocycles. The summed E-state index contributed by atoms with van der Waals surface area (Å²) in [6.45, 7) is 0. The molecule has 35 heavy (non-hydrogen) atoms. The van der Waals surface area contributed by atoms with E-state index in [4.69, 9.17) is 22.3 Å². The van der Waals surface area contributed by atoms with Gasteiger partial charge in [0.15, 0.2) is 5.65 Å². The number of carbonyl (C=O) groups excluding carboxylic acids is 1. The van der Waals surface area contributed by atoms with E-state index in [1.807, 2.05) is 4.57 Å². The van der Waals surface area contributed by atoms with E-state index in [2.05, 4.69) is 20.6 Å².